The summed E-state index contributed by atoms with van der Waals surface area (Å²) < 4.78 is 19.0. The number of halogens is 1. The van der Waals surface area contributed by atoms with Gasteiger partial charge in [0.15, 0.2) is 0 Å². The average Bonchev–Trinajstić information content (AvgIpc) is 2.71. The van der Waals surface area contributed by atoms with Crippen LogP contribution in [0.2, 0.25) is 0 Å². The van der Waals surface area contributed by atoms with Gasteiger partial charge in [-0.15, -0.1) is 0 Å². The lowest BCUT2D eigenvalue weighted by Gasteiger charge is -2.43. The van der Waals surface area contributed by atoms with E-state index in [1.165, 1.54) is 12.1 Å². The number of piperidine rings is 1. The summed E-state index contributed by atoms with van der Waals surface area (Å²) in [7, 11) is 3.50. The second kappa shape index (κ2) is 11.3. The van der Waals surface area contributed by atoms with Crippen molar-refractivity contribution in [1.29, 1.82) is 0 Å². The van der Waals surface area contributed by atoms with Crippen LogP contribution in [0.3, 0.4) is 0 Å². The molecule has 3 N–H and O–H groups in total. The number of nitrogens with one attached hydrogen (secondary N) is 2. The van der Waals surface area contributed by atoms with Crippen LogP contribution >= 0.6 is 0 Å². The molecular weight excluding hydrogens is 361 g/mol. The van der Waals surface area contributed by atoms with E-state index in [1.54, 1.807) is 24.1 Å². The predicted octanol–water partition coefficient (Wildman–Crippen LogP) is 2.47. The van der Waals surface area contributed by atoms with Crippen molar-refractivity contribution >= 4 is 6.03 Å². The highest BCUT2D eigenvalue weighted by Gasteiger charge is 2.41. The number of hydrogen-bond donors (Lipinski definition) is 3. The summed E-state index contributed by atoms with van der Waals surface area (Å²) >= 11 is 0. The first-order chi connectivity index (χ1) is 13.5. The van der Waals surface area contributed by atoms with Gasteiger partial charge in [-0.25, -0.2) is 9.18 Å². The molecule has 2 atom stereocenters. The molecule has 1 aromatic carbocycles. The number of amides is 2. The van der Waals surface area contributed by atoms with Crippen LogP contribution in [0.5, 0.6) is 0 Å². The van der Waals surface area contributed by atoms with Crippen LogP contribution in [0, 0.1) is 11.7 Å². The number of likely N-dealkylation sites (tertiary alicyclic amines) is 1. The van der Waals surface area contributed by atoms with Crippen LogP contribution in [0.15, 0.2) is 24.3 Å². The number of benzene rings is 1. The van der Waals surface area contributed by atoms with Crippen molar-refractivity contribution in [2.24, 2.45) is 5.92 Å². The van der Waals surface area contributed by atoms with Gasteiger partial charge in [0, 0.05) is 45.8 Å². The number of rotatable bonds is 10. The van der Waals surface area contributed by atoms with Crippen molar-refractivity contribution in [3.8, 4) is 0 Å². The Morgan fingerprint density at radius 1 is 1.39 bits per heavy atom. The van der Waals surface area contributed by atoms with E-state index in [0.29, 0.717) is 44.8 Å². The molecule has 1 aromatic rings. The highest BCUT2D eigenvalue weighted by molar-refractivity contribution is 5.74. The number of unbranched alkanes of at least 4 members (excludes halogenated alkanes) is 1. The van der Waals surface area contributed by atoms with Crippen LogP contribution in [0.4, 0.5) is 9.18 Å². The summed E-state index contributed by atoms with van der Waals surface area (Å²) in [5.74, 6) is -0.495. The van der Waals surface area contributed by atoms with Crippen molar-refractivity contribution < 1.29 is 19.0 Å². The molecule has 2 rings (SSSR count). The molecular formula is C21H34FN3O3. The zero-order chi connectivity index (χ0) is 20.4. The van der Waals surface area contributed by atoms with Gasteiger partial charge in [0.2, 0.25) is 0 Å². The van der Waals surface area contributed by atoms with Gasteiger partial charge in [-0.05, 0) is 56.8 Å². The average molecular weight is 396 g/mol. The SMILES string of the molecule is CNCCNC(=O)N1CCC[C@@H]([C@@](O)(CCCCOC)c2cccc(F)c2)C1. The predicted molar refractivity (Wildman–Crippen MR) is 108 cm³/mol. The second-order valence-corrected chi connectivity index (χ2v) is 7.51. The highest BCUT2D eigenvalue weighted by Crippen LogP contribution is 2.39. The number of carbonyl (C=O) groups excluding carboxylic acids is 1. The molecule has 7 heteroatoms. The Hall–Kier alpha value is -1.70. The van der Waals surface area contributed by atoms with E-state index in [0.717, 1.165) is 25.7 Å². The molecule has 1 fully saturated rings. The van der Waals surface area contributed by atoms with Crippen LogP contribution in [-0.2, 0) is 10.3 Å². The van der Waals surface area contributed by atoms with Gasteiger partial charge >= 0.3 is 6.03 Å². The molecule has 1 aliphatic heterocycles. The Bertz CT molecular complexity index is 616. The van der Waals surface area contributed by atoms with Crippen molar-refractivity contribution in [2.45, 2.75) is 37.7 Å². The summed E-state index contributed by atoms with van der Waals surface area (Å²) in [6.07, 6.45) is 3.73. The van der Waals surface area contributed by atoms with Gasteiger partial charge in [-0.1, -0.05) is 12.1 Å². The minimum atomic E-state index is -1.17. The fourth-order valence-corrected chi connectivity index (χ4v) is 3.94. The molecule has 6 nitrogen and oxygen atoms in total. The van der Waals surface area contributed by atoms with Gasteiger partial charge in [0.05, 0.1) is 5.60 Å². The largest absolute Gasteiger partial charge is 0.385 e. The minimum absolute atomic E-state index is 0.110. The second-order valence-electron chi connectivity index (χ2n) is 7.51. The quantitative estimate of drug-likeness (QED) is 0.532. The number of likely N-dealkylation sites (N-methyl/N-ethyl adjacent to an activating group) is 1. The van der Waals surface area contributed by atoms with Gasteiger partial charge in [-0.2, -0.15) is 0 Å². The van der Waals surface area contributed by atoms with E-state index in [2.05, 4.69) is 10.6 Å². The van der Waals surface area contributed by atoms with Crippen LogP contribution in [0.25, 0.3) is 0 Å². The molecule has 1 aliphatic rings. The number of nitrogens with zero attached hydrogens (tertiary/aromatic N) is 1. The summed E-state index contributed by atoms with van der Waals surface area (Å²) in [6.45, 7) is 3.02. The number of aliphatic hydroxyl groups is 1. The maximum Gasteiger partial charge on any atom is 0.317 e. The highest BCUT2D eigenvalue weighted by atomic mass is 19.1. The lowest BCUT2D eigenvalue weighted by molar-refractivity contribution is -0.0564. The first kappa shape index (κ1) is 22.6. The van der Waals surface area contributed by atoms with Crippen molar-refractivity contribution in [1.82, 2.24) is 15.5 Å². The van der Waals surface area contributed by atoms with Crippen molar-refractivity contribution in [3.05, 3.63) is 35.6 Å². The van der Waals surface area contributed by atoms with Crippen LogP contribution in [0.1, 0.15) is 37.7 Å². The van der Waals surface area contributed by atoms with Crippen LogP contribution in [-0.4, -0.2) is 63.0 Å². The molecule has 0 spiro atoms. The lowest BCUT2D eigenvalue weighted by atomic mass is 9.74. The molecule has 1 saturated heterocycles. The van der Waals surface area contributed by atoms with Crippen molar-refractivity contribution in [2.75, 3.05) is 46.9 Å². The summed E-state index contributed by atoms with van der Waals surface area (Å²) in [5, 5.41) is 17.6. The zero-order valence-electron chi connectivity index (χ0n) is 17.0. The molecule has 0 aliphatic carbocycles. The molecule has 1 heterocycles. The molecule has 0 bridgehead atoms. The number of hydrogen-bond acceptors (Lipinski definition) is 4. The molecule has 0 saturated carbocycles. The Morgan fingerprint density at radius 2 is 2.21 bits per heavy atom. The summed E-state index contributed by atoms with van der Waals surface area (Å²) in [5.41, 5.74) is -0.577. The number of ether oxygens (including phenoxy) is 1. The van der Waals surface area contributed by atoms with E-state index in [4.69, 9.17) is 4.74 Å². The minimum Gasteiger partial charge on any atom is -0.385 e. The summed E-state index contributed by atoms with van der Waals surface area (Å²) in [6, 6.07) is 6.11. The molecule has 0 unspecified atom stereocenters. The number of methoxy groups -OCH3 is 1. The molecule has 28 heavy (non-hydrogen) atoms. The number of carbonyl (C=O) groups is 1. The lowest BCUT2D eigenvalue weighted by Crippen LogP contribution is -2.51. The molecule has 158 valence electrons. The third-order valence-corrected chi connectivity index (χ3v) is 5.52. The van der Waals surface area contributed by atoms with E-state index in [-0.39, 0.29) is 17.8 Å². The maximum absolute atomic E-state index is 13.9. The Labute approximate surface area is 167 Å². The van der Waals surface area contributed by atoms with Gasteiger partial charge in [-0.3, -0.25) is 0 Å². The third-order valence-electron chi connectivity index (χ3n) is 5.52. The van der Waals surface area contributed by atoms with Crippen LogP contribution < -0.4 is 10.6 Å². The fraction of sp³-hybridized carbons (Fsp3) is 0.667. The first-order valence-electron chi connectivity index (χ1n) is 10.2. The smallest absolute Gasteiger partial charge is 0.317 e. The Morgan fingerprint density at radius 3 is 2.93 bits per heavy atom. The molecule has 0 radical (unpaired) electrons. The number of urea groups is 1. The van der Waals surface area contributed by atoms with E-state index in [1.807, 2.05) is 7.05 Å². The topological polar surface area (TPSA) is 73.8 Å². The standard InChI is InChI=1S/C21H34FN3O3/c1-23-11-12-24-20(26)25-13-6-8-18(16-25)21(27,10-3-4-14-28-2)17-7-5-9-19(22)15-17/h5,7,9,15,18,23,27H,3-4,6,8,10-14,16H2,1-2H3,(H,24,26)/t18-,21-/m1/s1. The Balaban J connectivity index is 2.13. The Kier molecular flexibility index (Phi) is 9.15. The molecule has 0 aromatic heterocycles. The zero-order valence-corrected chi connectivity index (χ0v) is 17.0. The first-order valence-corrected chi connectivity index (χ1v) is 10.2. The van der Waals surface area contributed by atoms with Gasteiger partial charge < -0.3 is 25.4 Å². The van der Waals surface area contributed by atoms with Gasteiger partial charge in [0.25, 0.3) is 0 Å². The van der Waals surface area contributed by atoms with E-state index in [9.17, 15) is 14.3 Å². The molecule has 2 amide bonds. The monoisotopic (exact) mass is 395 g/mol. The van der Waals surface area contributed by atoms with E-state index < -0.39 is 5.60 Å². The van der Waals surface area contributed by atoms with E-state index >= 15 is 0 Å². The third kappa shape index (κ3) is 6.15. The van der Waals surface area contributed by atoms with Gasteiger partial charge in [0.1, 0.15) is 5.82 Å². The normalized spacial score (nSPS) is 19.3. The van der Waals surface area contributed by atoms with Crippen molar-refractivity contribution in [3.63, 3.8) is 0 Å². The summed E-state index contributed by atoms with van der Waals surface area (Å²) in [4.78, 5) is 14.2. The maximum atomic E-state index is 13.9. The fourth-order valence-electron chi connectivity index (χ4n) is 3.94.